The average Bonchev–Trinajstić information content (AvgIpc) is 2.89. The quantitative estimate of drug-likeness (QED) is 0.0601. The maximum absolute atomic E-state index is 11.8. The standard InChI is InChI=1S/C33H63NO2/c1-4-6-8-10-12-14-16-17-18-19-20-21-23-25-27-29-31-34(32-33(35)36-3)30-28-26-24-22-15-13-11-9-7-5-2/h12,14,17-18H,4-11,13,15-16,19-32H2,1-3H3/b14-12-,18-17-. The van der Waals surface area contributed by atoms with Gasteiger partial charge in [-0.3, -0.25) is 9.69 Å². The van der Waals surface area contributed by atoms with E-state index in [0.717, 1.165) is 19.5 Å². The van der Waals surface area contributed by atoms with Gasteiger partial charge < -0.3 is 4.74 Å². The zero-order chi connectivity index (χ0) is 26.4. The van der Waals surface area contributed by atoms with E-state index >= 15 is 0 Å². The molecule has 0 atom stereocenters. The lowest BCUT2D eigenvalue weighted by Crippen LogP contribution is -2.32. The molecule has 3 nitrogen and oxygen atoms in total. The Morgan fingerprint density at radius 3 is 1.42 bits per heavy atom. The highest BCUT2D eigenvalue weighted by molar-refractivity contribution is 5.71. The Hall–Kier alpha value is -1.09. The summed E-state index contributed by atoms with van der Waals surface area (Å²) in [5.74, 6) is -0.0953. The highest BCUT2D eigenvalue weighted by atomic mass is 16.5. The molecule has 0 aliphatic rings. The van der Waals surface area contributed by atoms with E-state index in [1.54, 1.807) is 0 Å². The summed E-state index contributed by atoms with van der Waals surface area (Å²) in [6.07, 6.45) is 38.2. The van der Waals surface area contributed by atoms with Gasteiger partial charge in [0.1, 0.15) is 0 Å². The van der Waals surface area contributed by atoms with Crippen molar-refractivity contribution in [3.05, 3.63) is 24.3 Å². The van der Waals surface area contributed by atoms with Gasteiger partial charge in [0, 0.05) is 0 Å². The van der Waals surface area contributed by atoms with Gasteiger partial charge in [-0.2, -0.15) is 0 Å². The molecule has 0 bridgehead atoms. The Balaban J connectivity index is 3.69. The Morgan fingerprint density at radius 2 is 0.944 bits per heavy atom. The average molecular weight is 506 g/mol. The first kappa shape index (κ1) is 34.9. The highest BCUT2D eigenvalue weighted by Crippen LogP contribution is 2.12. The zero-order valence-electron chi connectivity index (χ0n) is 24.8. The minimum atomic E-state index is -0.0953. The van der Waals surface area contributed by atoms with E-state index in [1.165, 1.54) is 142 Å². The van der Waals surface area contributed by atoms with Gasteiger partial charge in [-0.15, -0.1) is 0 Å². The molecule has 0 aliphatic carbocycles. The van der Waals surface area contributed by atoms with E-state index in [-0.39, 0.29) is 5.97 Å². The van der Waals surface area contributed by atoms with Gasteiger partial charge in [0.2, 0.25) is 0 Å². The van der Waals surface area contributed by atoms with Gasteiger partial charge in [-0.25, -0.2) is 0 Å². The molecule has 36 heavy (non-hydrogen) atoms. The van der Waals surface area contributed by atoms with Crippen molar-refractivity contribution in [2.24, 2.45) is 0 Å². The lowest BCUT2D eigenvalue weighted by molar-refractivity contribution is -0.141. The van der Waals surface area contributed by atoms with Gasteiger partial charge in [0.05, 0.1) is 13.7 Å². The van der Waals surface area contributed by atoms with Crippen LogP contribution < -0.4 is 0 Å². The first-order valence-corrected chi connectivity index (χ1v) is 15.8. The molecular formula is C33H63NO2. The van der Waals surface area contributed by atoms with Crippen LogP contribution in [0, 0.1) is 0 Å². The molecule has 0 aromatic carbocycles. The maximum Gasteiger partial charge on any atom is 0.319 e. The summed E-state index contributed by atoms with van der Waals surface area (Å²) in [4.78, 5) is 14.1. The molecule has 3 heteroatoms. The van der Waals surface area contributed by atoms with Crippen LogP contribution >= 0.6 is 0 Å². The van der Waals surface area contributed by atoms with Crippen molar-refractivity contribution in [3.8, 4) is 0 Å². The number of esters is 1. The molecule has 0 amide bonds. The molecule has 212 valence electrons. The first-order valence-electron chi connectivity index (χ1n) is 15.8. The summed E-state index contributed by atoms with van der Waals surface area (Å²) in [5.41, 5.74) is 0. The topological polar surface area (TPSA) is 29.5 Å². The largest absolute Gasteiger partial charge is 0.468 e. The SMILES string of the molecule is CCCCC/C=C\C/C=C\CCCCCCCCN(CCCCCCCCCCCC)CC(=O)OC. The molecule has 0 aromatic rings. The van der Waals surface area contributed by atoms with E-state index in [0.29, 0.717) is 6.54 Å². The summed E-state index contributed by atoms with van der Waals surface area (Å²) in [6.45, 7) is 7.05. The molecule has 0 aromatic heterocycles. The number of hydrogen-bond acceptors (Lipinski definition) is 3. The van der Waals surface area contributed by atoms with Gasteiger partial charge in [0.25, 0.3) is 0 Å². The summed E-state index contributed by atoms with van der Waals surface area (Å²) in [6, 6.07) is 0. The van der Waals surface area contributed by atoms with Crippen LogP contribution in [0.5, 0.6) is 0 Å². The van der Waals surface area contributed by atoms with E-state index in [4.69, 9.17) is 4.74 Å². The second-order valence-electron chi connectivity index (χ2n) is 10.6. The third kappa shape index (κ3) is 27.5. The third-order valence-electron chi connectivity index (χ3n) is 7.08. The molecule has 0 spiro atoms. The summed E-state index contributed by atoms with van der Waals surface area (Å²) < 4.78 is 4.92. The van der Waals surface area contributed by atoms with Crippen molar-refractivity contribution in [1.29, 1.82) is 0 Å². The van der Waals surface area contributed by atoms with E-state index < -0.39 is 0 Å². The van der Waals surface area contributed by atoms with Crippen LogP contribution in [0.2, 0.25) is 0 Å². The summed E-state index contributed by atoms with van der Waals surface area (Å²) in [7, 11) is 1.50. The van der Waals surface area contributed by atoms with Gasteiger partial charge in [0.15, 0.2) is 0 Å². The monoisotopic (exact) mass is 505 g/mol. The Bertz CT molecular complexity index is 500. The van der Waals surface area contributed by atoms with Gasteiger partial charge >= 0.3 is 5.97 Å². The van der Waals surface area contributed by atoms with Crippen LogP contribution in [0.25, 0.3) is 0 Å². The van der Waals surface area contributed by atoms with Crippen molar-refractivity contribution in [1.82, 2.24) is 4.90 Å². The van der Waals surface area contributed by atoms with Crippen molar-refractivity contribution >= 4 is 5.97 Å². The minimum Gasteiger partial charge on any atom is -0.468 e. The van der Waals surface area contributed by atoms with Gasteiger partial charge in [-0.1, -0.05) is 134 Å². The predicted octanol–water partition coefficient (Wildman–Crippen LogP) is 10.2. The van der Waals surface area contributed by atoms with E-state index in [1.807, 2.05) is 0 Å². The second kappa shape index (κ2) is 30.1. The minimum absolute atomic E-state index is 0.0953. The molecule has 0 rings (SSSR count). The van der Waals surface area contributed by atoms with Crippen molar-refractivity contribution < 1.29 is 9.53 Å². The summed E-state index contributed by atoms with van der Waals surface area (Å²) in [5, 5.41) is 0. The smallest absolute Gasteiger partial charge is 0.319 e. The molecule has 0 fully saturated rings. The number of unbranched alkanes of at least 4 members (excludes halogenated alkanes) is 18. The number of carbonyl (C=O) groups excluding carboxylic acids is 1. The number of allylic oxidation sites excluding steroid dienone is 4. The van der Waals surface area contributed by atoms with Crippen LogP contribution in [0.15, 0.2) is 24.3 Å². The Labute approximate surface area is 226 Å². The van der Waals surface area contributed by atoms with Crippen molar-refractivity contribution in [2.45, 2.75) is 155 Å². The molecular weight excluding hydrogens is 442 g/mol. The fraction of sp³-hybridized carbons (Fsp3) is 0.848. The van der Waals surface area contributed by atoms with E-state index in [9.17, 15) is 4.79 Å². The normalized spacial score (nSPS) is 11.9. The molecule has 0 aliphatic heterocycles. The van der Waals surface area contributed by atoms with Crippen LogP contribution in [0.4, 0.5) is 0 Å². The second-order valence-corrected chi connectivity index (χ2v) is 10.6. The fourth-order valence-corrected chi connectivity index (χ4v) is 4.66. The van der Waals surface area contributed by atoms with Crippen LogP contribution in [-0.4, -0.2) is 37.6 Å². The van der Waals surface area contributed by atoms with E-state index in [2.05, 4.69) is 43.1 Å². The summed E-state index contributed by atoms with van der Waals surface area (Å²) >= 11 is 0. The lowest BCUT2D eigenvalue weighted by Gasteiger charge is -2.21. The third-order valence-corrected chi connectivity index (χ3v) is 7.08. The van der Waals surface area contributed by atoms with Crippen molar-refractivity contribution in [3.63, 3.8) is 0 Å². The first-order chi connectivity index (χ1) is 17.7. The molecule has 0 unspecified atom stereocenters. The number of methoxy groups -OCH3 is 1. The Morgan fingerprint density at radius 1 is 0.556 bits per heavy atom. The zero-order valence-corrected chi connectivity index (χ0v) is 24.8. The lowest BCUT2D eigenvalue weighted by atomic mass is 10.1. The molecule has 0 radical (unpaired) electrons. The van der Waals surface area contributed by atoms with Crippen LogP contribution in [0.1, 0.15) is 155 Å². The Kier molecular flexibility index (Phi) is 29.2. The number of rotatable bonds is 28. The van der Waals surface area contributed by atoms with Gasteiger partial charge in [-0.05, 0) is 58.0 Å². The molecule has 0 N–H and O–H groups in total. The number of hydrogen-bond donors (Lipinski definition) is 0. The molecule has 0 saturated carbocycles. The highest BCUT2D eigenvalue weighted by Gasteiger charge is 2.10. The number of nitrogens with zero attached hydrogens (tertiary/aromatic N) is 1. The van der Waals surface area contributed by atoms with Crippen LogP contribution in [-0.2, 0) is 9.53 Å². The molecule has 0 heterocycles. The predicted molar refractivity (Wildman–Crippen MR) is 160 cm³/mol. The number of carbonyl (C=O) groups is 1. The molecule has 0 saturated heterocycles. The van der Waals surface area contributed by atoms with Crippen LogP contribution in [0.3, 0.4) is 0 Å². The fourth-order valence-electron chi connectivity index (χ4n) is 4.66. The maximum atomic E-state index is 11.8. The van der Waals surface area contributed by atoms with Crippen molar-refractivity contribution in [2.75, 3.05) is 26.7 Å². The number of ether oxygens (including phenoxy) is 1.